The molecule has 1 atom stereocenters. The molecule has 1 radical (unpaired) electrons. The second kappa shape index (κ2) is 14.3. The van der Waals surface area contributed by atoms with E-state index < -0.39 is 6.10 Å². The van der Waals surface area contributed by atoms with Crippen molar-refractivity contribution in [2.45, 2.75) is 83.7 Å². The quantitative estimate of drug-likeness (QED) is 0.426. The first-order valence-corrected chi connectivity index (χ1v) is 8.00. The van der Waals surface area contributed by atoms with Crippen LogP contribution < -0.4 is 0 Å². The van der Waals surface area contributed by atoms with E-state index >= 15 is 0 Å². The van der Waals surface area contributed by atoms with Gasteiger partial charge in [-0.2, -0.15) is 0 Å². The van der Waals surface area contributed by atoms with Crippen molar-refractivity contribution in [3.63, 3.8) is 0 Å². The van der Waals surface area contributed by atoms with Gasteiger partial charge in [-0.3, -0.25) is 0 Å². The van der Waals surface area contributed by atoms with Crippen LogP contribution in [0.25, 0.3) is 0 Å². The van der Waals surface area contributed by atoms with Crippen LogP contribution in [0.4, 0.5) is 0 Å². The Morgan fingerprint density at radius 3 is 1.74 bits per heavy atom. The molecule has 0 aromatic rings. The molecule has 0 saturated heterocycles. The van der Waals surface area contributed by atoms with Crippen LogP contribution in [0.15, 0.2) is 0 Å². The SMILES string of the molecule is CCCCCCCCCCC(O)[C](CCO)CCO. The van der Waals surface area contributed by atoms with E-state index in [-0.39, 0.29) is 13.2 Å². The van der Waals surface area contributed by atoms with E-state index in [0.29, 0.717) is 12.8 Å². The monoisotopic (exact) mass is 273 g/mol. The molecule has 3 N–H and O–H groups in total. The van der Waals surface area contributed by atoms with Crippen LogP contribution in [0.1, 0.15) is 77.6 Å². The maximum Gasteiger partial charge on any atom is 0.0604 e. The third kappa shape index (κ3) is 11.4. The lowest BCUT2D eigenvalue weighted by atomic mass is 9.91. The van der Waals surface area contributed by atoms with Gasteiger partial charge in [-0.1, -0.05) is 58.3 Å². The molecule has 1 unspecified atom stereocenters. The Labute approximate surface area is 119 Å². The summed E-state index contributed by atoms with van der Waals surface area (Å²) in [6, 6.07) is 0. The van der Waals surface area contributed by atoms with Gasteiger partial charge in [-0.25, -0.2) is 0 Å². The topological polar surface area (TPSA) is 60.7 Å². The van der Waals surface area contributed by atoms with Crippen LogP contribution in [-0.2, 0) is 0 Å². The number of rotatable bonds is 14. The van der Waals surface area contributed by atoms with Gasteiger partial charge in [-0.05, 0) is 19.3 Å². The summed E-state index contributed by atoms with van der Waals surface area (Å²) in [5, 5.41) is 27.8. The molecular formula is C16H33O3. The highest BCUT2D eigenvalue weighted by Gasteiger charge is 2.18. The van der Waals surface area contributed by atoms with Gasteiger partial charge >= 0.3 is 0 Å². The Morgan fingerprint density at radius 1 is 0.789 bits per heavy atom. The Kier molecular flexibility index (Phi) is 14.2. The summed E-state index contributed by atoms with van der Waals surface area (Å²) in [4.78, 5) is 0. The van der Waals surface area contributed by atoms with Crippen LogP contribution in [0, 0.1) is 5.92 Å². The lowest BCUT2D eigenvalue weighted by molar-refractivity contribution is 0.143. The molecule has 0 spiro atoms. The molecule has 0 aliphatic heterocycles. The zero-order valence-electron chi connectivity index (χ0n) is 12.6. The van der Waals surface area contributed by atoms with E-state index in [2.05, 4.69) is 6.92 Å². The molecule has 115 valence electrons. The molecule has 0 aliphatic rings. The number of hydrogen-bond donors (Lipinski definition) is 3. The molecule has 0 saturated carbocycles. The molecule has 0 aliphatic carbocycles. The zero-order chi connectivity index (χ0) is 14.3. The van der Waals surface area contributed by atoms with Crippen molar-refractivity contribution in [1.82, 2.24) is 0 Å². The van der Waals surface area contributed by atoms with E-state index in [1.54, 1.807) is 0 Å². The van der Waals surface area contributed by atoms with Gasteiger partial charge in [-0.15, -0.1) is 0 Å². The van der Waals surface area contributed by atoms with Gasteiger partial charge in [0.1, 0.15) is 0 Å². The van der Waals surface area contributed by atoms with E-state index in [4.69, 9.17) is 10.2 Å². The summed E-state index contributed by atoms with van der Waals surface area (Å²) >= 11 is 0. The van der Waals surface area contributed by atoms with Crippen molar-refractivity contribution < 1.29 is 15.3 Å². The second-order valence-electron chi connectivity index (χ2n) is 5.38. The highest BCUT2D eigenvalue weighted by Crippen LogP contribution is 2.21. The molecule has 0 aromatic carbocycles. The molecule has 3 nitrogen and oxygen atoms in total. The normalized spacial score (nSPS) is 13.1. The summed E-state index contributed by atoms with van der Waals surface area (Å²) in [5.41, 5.74) is 0. The minimum Gasteiger partial charge on any atom is -0.396 e. The first-order chi connectivity index (χ1) is 9.26. The number of aliphatic hydroxyl groups is 3. The summed E-state index contributed by atoms with van der Waals surface area (Å²) in [6.45, 7) is 2.35. The zero-order valence-corrected chi connectivity index (χ0v) is 12.6. The third-order valence-corrected chi connectivity index (χ3v) is 3.67. The Balaban J connectivity index is 3.47. The van der Waals surface area contributed by atoms with Crippen molar-refractivity contribution in [3.05, 3.63) is 5.92 Å². The standard InChI is InChI=1S/C16H33O3/c1-2-3-4-5-6-7-8-9-10-16(19)15(11-13-17)12-14-18/h16-19H,2-14H2,1H3. The number of unbranched alkanes of at least 4 members (excludes halogenated alkanes) is 7. The average molecular weight is 273 g/mol. The highest BCUT2D eigenvalue weighted by atomic mass is 16.3. The molecule has 0 amide bonds. The fraction of sp³-hybridized carbons (Fsp3) is 0.938. The molecule has 0 fully saturated rings. The minimum absolute atomic E-state index is 0.0593. The van der Waals surface area contributed by atoms with Crippen molar-refractivity contribution in [3.8, 4) is 0 Å². The lowest BCUT2D eigenvalue weighted by Crippen LogP contribution is -2.20. The van der Waals surface area contributed by atoms with Crippen LogP contribution in [0.2, 0.25) is 0 Å². The van der Waals surface area contributed by atoms with E-state index in [1.165, 1.54) is 44.9 Å². The Morgan fingerprint density at radius 2 is 1.26 bits per heavy atom. The Hall–Kier alpha value is -0.120. The van der Waals surface area contributed by atoms with Gasteiger partial charge in [0.2, 0.25) is 0 Å². The largest absolute Gasteiger partial charge is 0.396 e. The van der Waals surface area contributed by atoms with Crippen molar-refractivity contribution >= 4 is 0 Å². The highest BCUT2D eigenvalue weighted by molar-refractivity contribution is 4.96. The van der Waals surface area contributed by atoms with E-state index in [1.807, 2.05) is 0 Å². The first kappa shape index (κ1) is 18.9. The van der Waals surface area contributed by atoms with Gasteiger partial charge in [0.05, 0.1) is 6.10 Å². The van der Waals surface area contributed by atoms with E-state index in [0.717, 1.165) is 18.8 Å². The van der Waals surface area contributed by atoms with Crippen LogP contribution >= 0.6 is 0 Å². The summed E-state index contributed by atoms with van der Waals surface area (Å²) in [5.74, 6) is 0.896. The van der Waals surface area contributed by atoms with Gasteiger partial charge in [0.25, 0.3) is 0 Å². The number of aliphatic hydroxyl groups excluding tert-OH is 3. The van der Waals surface area contributed by atoms with Gasteiger partial charge < -0.3 is 15.3 Å². The molecule has 0 heterocycles. The molecule has 19 heavy (non-hydrogen) atoms. The smallest absolute Gasteiger partial charge is 0.0604 e. The maximum atomic E-state index is 9.98. The predicted octanol–water partition coefficient (Wildman–Crippen LogP) is 3.22. The number of hydrogen-bond acceptors (Lipinski definition) is 3. The van der Waals surface area contributed by atoms with Crippen LogP contribution in [-0.4, -0.2) is 34.6 Å². The van der Waals surface area contributed by atoms with Crippen molar-refractivity contribution in [1.29, 1.82) is 0 Å². The summed E-state index contributed by atoms with van der Waals surface area (Å²) < 4.78 is 0. The first-order valence-electron chi connectivity index (χ1n) is 8.00. The Bertz CT molecular complexity index is 167. The van der Waals surface area contributed by atoms with Gasteiger partial charge in [0, 0.05) is 19.1 Å². The maximum absolute atomic E-state index is 9.98. The molecule has 0 rings (SSSR count). The molecular weight excluding hydrogens is 240 g/mol. The summed E-state index contributed by atoms with van der Waals surface area (Å²) in [7, 11) is 0. The molecule has 0 aromatic heterocycles. The van der Waals surface area contributed by atoms with Crippen LogP contribution in [0.3, 0.4) is 0 Å². The van der Waals surface area contributed by atoms with Crippen molar-refractivity contribution in [2.24, 2.45) is 0 Å². The minimum atomic E-state index is -0.445. The van der Waals surface area contributed by atoms with E-state index in [9.17, 15) is 5.11 Å². The summed E-state index contributed by atoms with van der Waals surface area (Å²) in [6.07, 6.45) is 11.4. The van der Waals surface area contributed by atoms with Gasteiger partial charge in [0.15, 0.2) is 0 Å². The molecule has 3 heteroatoms. The van der Waals surface area contributed by atoms with Crippen molar-refractivity contribution in [2.75, 3.05) is 13.2 Å². The molecule has 0 bridgehead atoms. The lowest BCUT2D eigenvalue weighted by Gasteiger charge is -2.20. The average Bonchev–Trinajstić information content (AvgIpc) is 2.41. The van der Waals surface area contributed by atoms with Crippen LogP contribution in [0.5, 0.6) is 0 Å². The second-order valence-corrected chi connectivity index (χ2v) is 5.38. The fourth-order valence-electron chi connectivity index (χ4n) is 2.42. The predicted molar refractivity (Wildman–Crippen MR) is 79.9 cm³/mol. The third-order valence-electron chi connectivity index (χ3n) is 3.67. The fourth-order valence-corrected chi connectivity index (χ4v) is 2.42.